The molecule has 22 heavy (non-hydrogen) atoms. The van der Waals surface area contributed by atoms with Crippen molar-refractivity contribution >= 4 is 22.2 Å². The summed E-state index contributed by atoms with van der Waals surface area (Å²) in [5.41, 5.74) is 3.74. The molecule has 0 fully saturated rings. The molecule has 4 rings (SSSR count). The molecule has 0 bridgehead atoms. The summed E-state index contributed by atoms with van der Waals surface area (Å²) in [7, 11) is 0. The second-order valence-electron chi connectivity index (χ2n) is 5.59. The first kappa shape index (κ1) is 13.4. The van der Waals surface area contributed by atoms with E-state index in [4.69, 9.17) is 4.42 Å². The molecule has 0 aliphatic rings. The standard InChI is InChI=1S/C19H17NOS/c1-13-4-7-16(21-13)8-5-14-6-9-17-15(11-14)12-18(20-17)19-3-2-10-22-19/h2-4,6-7,9-12,20H,5,8H2,1H3. The lowest BCUT2D eigenvalue weighted by Crippen LogP contribution is -1.89. The molecule has 4 aromatic rings. The number of thiophene rings is 1. The summed E-state index contributed by atoms with van der Waals surface area (Å²) in [6.45, 7) is 1.99. The average molecular weight is 307 g/mol. The summed E-state index contributed by atoms with van der Waals surface area (Å²) in [5.74, 6) is 2.04. The predicted octanol–water partition coefficient (Wildman–Crippen LogP) is 5.58. The molecule has 0 saturated carbocycles. The van der Waals surface area contributed by atoms with Crippen LogP contribution in [-0.4, -0.2) is 4.98 Å². The number of nitrogens with one attached hydrogen (secondary N) is 1. The molecule has 110 valence electrons. The van der Waals surface area contributed by atoms with E-state index < -0.39 is 0 Å². The Kier molecular flexibility index (Phi) is 3.35. The van der Waals surface area contributed by atoms with Crippen molar-refractivity contribution in [1.29, 1.82) is 0 Å². The number of H-pyrrole nitrogens is 1. The van der Waals surface area contributed by atoms with Crippen LogP contribution in [0, 0.1) is 6.92 Å². The molecular formula is C19H17NOS. The zero-order chi connectivity index (χ0) is 14.9. The molecule has 1 N–H and O–H groups in total. The topological polar surface area (TPSA) is 28.9 Å². The summed E-state index contributed by atoms with van der Waals surface area (Å²) in [4.78, 5) is 4.78. The van der Waals surface area contributed by atoms with E-state index in [2.05, 4.69) is 52.8 Å². The molecule has 0 atom stereocenters. The van der Waals surface area contributed by atoms with Crippen molar-refractivity contribution in [1.82, 2.24) is 4.98 Å². The predicted molar refractivity (Wildman–Crippen MR) is 92.5 cm³/mol. The molecule has 0 spiro atoms. The zero-order valence-electron chi connectivity index (χ0n) is 12.4. The average Bonchev–Trinajstić information content (AvgIpc) is 3.24. The minimum Gasteiger partial charge on any atom is -0.466 e. The largest absolute Gasteiger partial charge is 0.466 e. The van der Waals surface area contributed by atoms with Crippen LogP contribution in [0.2, 0.25) is 0 Å². The first-order valence-corrected chi connectivity index (χ1v) is 8.37. The Morgan fingerprint density at radius 2 is 2.00 bits per heavy atom. The third-order valence-electron chi connectivity index (χ3n) is 3.93. The van der Waals surface area contributed by atoms with E-state index in [1.165, 1.54) is 27.0 Å². The van der Waals surface area contributed by atoms with E-state index in [0.29, 0.717) is 0 Å². The van der Waals surface area contributed by atoms with Gasteiger partial charge >= 0.3 is 0 Å². The van der Waals surface area contributed by atoms with E-state index in [9.17, 15) is 0 Å². The minimum absolute atomic E-state index is 0.946. The SMILES string of the molecule is Cc1ccc(CCc2ccc3[nH]c(-c4cccs4)cc3c2)o1. The maximum Gasteiger partial charge on any atom is 0.104 e. The maximum atomic E-state index is 5.64. The second kappa shape index (κ2) is 5.50. The lowest BCUT2D eigenvalue weighted by molar-refractivity contribution is 0.482. The van der Waals surface area contributed by atoms with Gasteiger partial charge in [0.25, 0.3) is 0 Å². The lowest BCUT2D eigenvalue weighted by Gasteiger charge is -2.00. The minimum atomic E-state index is 0.946. The molecule has 2 nitrogen and oxygen atoms in total. The van der Waals surface area contributed by atoms with Crippen LogP contribution in [0.4, 0.5) is 0 Å². The van der Waals surface area contributed by atoms with E-state index in [1.807, 2.05) is 13.0 Å². The lowest BCUT2D eigenvalue weighted by atomic mass is 10.1. The van der Waals surface area contributed by atoms with Gasteiger partial charge in [0.1, 0.15) is 11.5 Å². The first-order valence-electron chi connectivity index (χ1n) is 7.49. The monoisotopic (exact) mass is 307 g/mol. The highest BCUT2D eigenvalue weighted by Crippen LogP contribution is 2.28. The van der Waals surface area contributed by atoms with E-state index in [-0.39, 0.29) is 0 Å². The van der Waals surface area contributed by atoms with Crippen LogP contribution in [0.1, 0.15) is 17.1 Å². The molecule has 0 aliphatic carbocycles. The Bertz CT molecular complexity index is 899. The third-order valence-corrected chi connectivity index (χ3v) is 4.83. The van der Waals surface area contributed by atoms with Crippen molar-refractivity contribution in [2.45, 2.75) is 19.8 Å². The van der Waals surface area contributed by atoms with Crippen LogP contribution in [0.5, 0.6) is 0 Å². The molecule has 0 aliphatic heterocycles. The summed E-state index contributed by atoms with van der Waals surface area (Å²) in [6, 6.07) is 17.2. The molecule has 0 radical (unpaired) electrons. The number of hydrogen-bond acceptors (Lipinski definition) is 2. The van der Waals surface area contributed by atoms with Crippen molar-refractivity contribution in [3.63, 3.8) is 0 Å². The molecular weight excluding hydrogens is 290 g/mol. The number of aromatic nitrogens is 1. The van der Waals surface area contributed by atoms with Crippen LogP contribution >= 0.6 is 11.3 Å². The van der Waals surface area contributed by atoms with Crippen molar-refractivity contribution in [3.05, 3.63) is 71.0 Å². The number of rotatable bonds is 4. The summed E-state index contributed by atoms with van der Waals surface area (Å²) >= 11 is 1.76. The van der Waals surface area contributed by atoms with Crippen molar-refractivity contribution in [2.24, 2.45) is 0 Å². The van der Waals surface area contributed by atoms with Crippen LogP contribution in [0.25, 0.3) is 21.5 Å². The summed E-state index contributed by atoms with van der Waals surface area (Å²) < 4.78 is 5.64. The quantitative estimate of drug-likeness (QED) is 0.523. The maximum absolute atomic E-state index is 5.64. The smallest absolute Gasteiger partial charge is 0.104 e. The van der Waals surface area contributed by atoms with E-state index in [1.54, 1.807) is 11.3 Å². The molecule has 1 aromatic carbocycles. The van der Waals surface area contributed by atoms with Gasteiger partial charge in [0.15, 0.2) is 0 Å². The van der Waals surface area contributed by atoms with E-state index >= 15 is 0 Å². The zero-order valence-corrected chi connectivity index (χ0v) is 13.2. The first-order chi connectivity index (χ1) is 10.8. The Morgan fingerprint density at radius 1 is 1.05 bits per heavy atom. The van der Waals surface area contributed by atoms with Crippen molar-refractivity contribution in [2.75, 3.05) is 0 Å². The van der Waals surface area contributed by atoms with Gasteiger partial charge in [-0.3, -0.25) is 0 Å². The molecule has 0 amide bonds. The Labute approximate surface area is 133 Å². The summed E-state index contributed by atoms with van der Waals surface area (Å²) in [6.07, 6.45) is 1.95. The van der Waals surface area contributed by atoms with Gasteiger partial charge in [-0.25, -0.2) is 0 Å². The number of hydrogen-bond donors (Lipinski definition) is 1. The highest BCUT2D eigenvalue weighted by atomic mass is 32.1. The van der Waals surface area contributed by atoms with Crippen LogP contribution in [0.3, 0.4) is 0 Å². The molecule has 3 heteroatoms. The van der Waals surface area contributed by atoms with Gasteiger partial charge in [-0.1, -0.05) is 12.1 Å². The molecule has 3 aromatic heterocycles. The second-order valence-corrected chi connectivity index (χ2v) is 6.54. The van der Waals surface area contributed by atoms with Gasteiger partial charge < -0.3 is 9.40 Å². The third kappa shape index (κ3) is 2.60. The van der Waals surface area contributed by atoms with Gasteiger partial charge in [0.05, 0.1) is 10.6 Å². The Morgan fingerprint density at radius 3 is 2.77 bits per heavy atom. The highest BCUT2D eigenvalue weighted by molar-refractivity contribution is 7.13. The Balaban J connectivity index is 1.57. The van der Waals surface area contributed by atoms with Gasteiger partial charge in [-0.15, -0.1) is 11.3 Å². The fraction of sp³-hybridized carbons (Fsp3) is 0.158. The molecule has 0 saturated heterocycles. The molecule has 0 unspecified atom stereocenters. The number of fused-ring (bicyclic) bond motifs is 1. The molecule has 3 heterocycles. The van der Waals surface area contributed by atoms with Crippen molar-refractivity contribution in [3.8, 4) is 10.6 Å². The van der Waals surface area contributed by atoms with Crippen LogP contribution in [0.15, 0.2) is 58.3 Å². The van der Waals surface area contributed by atoms with Crippen LogP contribution < -0.4 is 0 Å². The van der Waals surface area contributed by atoms with Crippen molar-refractivity contribution < 1.29 is 4.42 Å². The number of furan rings is 1. The van der Waals surface area contributed by atoms with Gasteiger partial charge in [0.2, 0.25) is 0 Å². The summed E-state index contributed by atoms with van der Waals surface area (Å²) in [5, 5.41) is 3.38. The fourth-order valence-electron chi connectivity index (χ4n) is 2.79. The number of aryl methyl sites for hydroxylation is 3. The highest BCUT2D eigenvalue weighted by Gasteiger charge is 2.06. The van der Waals surface area contributed by atoms with Gasteiger partial charge in [-0.2, -0.15) is 0 Å². The van der Waals surface area contributed by atoms with Gasteiger partial charge in [0, 0.05) is 17.3 Å². The number of benzene rings is 1. The normalized spacial score (nSPS) is 11.3. The fourth-order valence-corrected chi connectivity index (χ4v) is 3.49. The van der Waals surface area contributed by atoms with Crippen LogP contribution in [-0.2, 0) is 12.8 Å². The number of aromatic amines is 1. The van der Waals surface area contributed by atoms with E-state index in [0.717, 1.165) is 24.4 Å². The Hall–Kier alpha value is -2.26. The van der Waals surface area contributed by atoms with Gasteiger partial charge in [-0.05, 0) is 60.7 Å².